The molecule has 0 spiro atoms. The number of nitrogen functional groups attached to an aromatic ring is 1. The molecule has 82 valence electrons. The third kappa shape index (κ3) is 2.31. The zero-order chi connectivity index (χ0) is 11.5. The number of nitrogens with two attached hydrogens (primary N) is 1. The quantitative estimate of drug-likeness (QED) is 0.754. The number of nitrogens with one attached hydrogen (secondary N) is 1. The fourth-order valence-electron chi connectivity index (χ4n) is 1.52. The van der Waals surface area contributed by atoms with Gasteiger partial charge in [0.15, 0.2) is 0 Å². The van der Waals surface area contributed by atoms with Crippen LogP contribution in [-0.4, -0.2) is 4.98 Å². The van der Waals surface area contributed by atoms with Crippen molar-refractivity contribution in [3.8, 4) is 0 Å². The summed E-state index contributed by atoms with van der Waals surface area (Å²) < 4.78 is 0. The van der Waals surface area contributed by atoms with Crippen LogP contribution in [0.25, 0.3) is 0 Å². The molecule has 0 atom stereocenters. The first-order chi connectivity index (χ1) is 7.65. The molecule has 2 rings (SSSR count). The molecule has 16 heavy (non-hydrogen) atoms. The first-order valence-electron chi connectivity index (χ1n) is 5.21. The van der Waals surface area contributed by atoms with Crippen LogP contribution in [0.4, 0.5) is 17.2 Å². The lowest BCUT2D eigenvalue weighted by molar-refractivity contribution is 1.27. The summed E-state index contributed by atoms with van der Waals surface area (Å²) in [4.78, 5) is 4.25. The summed E-state index contributed by atoms with van der Waals surface area (Å²) in [5.74, 6) is 0.841. The van der Waals surface area contributed by atoms with Crippen molar-refractivity contribution >= 4 is 17.2 Å². The van der Waals surface area contributed by atoms with Crippen molar-refractivity contribution in [2.45, 2.75) is 13.8 Å². The fourth-order valence-corrected chi connectivity index (χ4v) is 1.52. The average Bonchev–Trinajstić information content (AvgIpc) is 2.24. The van der Waals surface area contributed by atoms with Crippen molar-refractivity contribution in [2.75, 3.05) is 11.1 Å². The van der Waals surface area contributed by atoms with Gasteiger partial charge in [-0.3, -0.25) is 0 Å². The van der Waals surface area contributed by atoms with E-state index in [1.54, 1.807) is 6.20 Å². The second-order valence-corrected chi connectivity index (χ2v) is 3.92. The highest BCUT2D eigenvalue weighted by Gasteiger charge is 2.00. The zero-order valence-electron chi connectivity index (χ0n) is 9.49. The van der Waals surface area contributed by atoms with E-state index in [1.807, 2.05) is 44.2 Å². The van der Waals surface area contributed by atoms with Crippen molar-refractivity contribution in [1.29, 1.82) is 0 Å². The average molecular weight is 213 g/mol. The SMILES string of the molecule is Cc1ccnc(Nc2cc(N)ccc2C)c1. The lowest BCUT2D eigenvalue weighted by atomic mass is 10.2. The molecule has 0 radical (unpaired) electrons. The lowest BCUT2D eigenvalue weighted by Crippen LogP contribution is -1.97. The Balaban J connectivity index is 2.30. The van der Waals surface area contributed by atoms with E-state index >= 15 is 0 Å². The highest BCUT2D eigenvalue weighted by atomic mass is 15.0. The van der Waals surface area contributed by atoms with Gasteiger partial charge in [0.25, 0.3) is 0 Å². The molecule has 3 heteroatoms. The smallest absolute Gasteiger partial charge is 0.130 e. The van der Waals surface area contributed by atoms with Gasteiger partial charge in [-0.25, -0.2) is 4.98 Å². The molecule has 1 aromatic heterocycles. The Morgan fingerprint density at radius 1 is 1.12 bits per heavy atom. The number of aryl methyl sites for hydroxylation is 2. The minimum Gasteiger partial charge on any atom is -0.399 e. The third-order valence-corrected chi connectivity index (χ3v) is 2.44. The Hall–Kier alpha value is -2.03. The normalized spacial score (nSPS) is 10.1. The Morgan fingerprint density at radius 2 is 1.94 bits per heavy atom. The predicted octanol–water partition coefficient (Wildman–Crippen LogP) is 3.02. The van der Waals surface area contributed by atoms with Gasteiger partial charge in [-0.1, -0.05) is 6.07 Å². The van der Waals surface area contributed by atoms with Crippen LogP contribution in [0.2, 0.25) is 0 Å². The molecule has 0 amide bonds. The van der Waals surface area contributed by atoms with Gasteiger partial charge in [-0.2, -0.15) is 0 Å². The first kappa shape index (κ1) is 10.5. The molecular formula is C13H15N3. The van der Waals surface area contributed by atoms with Crippen LogP contribution in [0.15, 0.2) is 36.5 Å². The molecule has 1 aromatic carbocycles. The minimum absolute atomic E-state index is 0.751. The molecule has 0 saturated carbocycles. The van der Waals surface area contributed by atoms with Gasteiger partial charge >= 0.3 is 0 Å². The molecular weight excluding hydrogens is 198 g/mol. The van der Waals surface area contributed by atoms with Crippen LogP contribution in [-0.2, 0) is 0 Å². The van der Waals surface area contributed by atoms with Crippen molar-refractivity contribution in [2.24, 2.45) is 0 Å². The maximum atomic E-state index is 5.75. The summed E-state index contributed by atoms with van der Waals surface area (Å²) in [6.45, 7) is 4.08. The Labute approximate surface area is 95.3 Å². The zero-order valence-corrected chi connectivity index (χ0v) is 9.49. The van der Waals surface area contributed by atoms with E-state index in [4.69, 9.17) is 5.73 Å². The Morgan fingerprint density at radius 3 is 2.69 bits per heavy atom. The summed E-state index contributed by atoms with van der Waals surface area (Å²) in [6, 6.07) is 9.77. The molecule has 0 aliphatic heterocycles. The summed E-state index contributed by atoms with van der Waals surface area (Å²) in [5, 5.41) is 3.26. The molecule has 0 fully saturated rings. The van der Waals surface area contributed by atoms with E-state index < -0.39 is 0 Å². The van der Waals surface area contributed by atoms with Gasteiger partial charge in [0.05, 0.1) is 0 Å². The van der Waals surface area contributed by atoms with Crippen molar-refractivity contribution in [3.63, 3.8) is 0 Å². The highest BCUT2D eigenvalue weighted by molar-refractivity contribution is 5.65. The summed E-state index contributed by atoms with van der Waals surface area (Å²) in [5.41, 5.74) is 9.83. The maximum absolute atomic E-state index is 5.75. The third-order valence-electron chi connectivity index (χ3n) is 2.44. The molecule has 0 aliphatic rings. The Kier molecular flexibility index (Phi) is 2.77. The standard InChI is InChI=1S/C13H15N3/c1-9-5-6-15-13(7-9)16-12-8-11(14)4-3-10(12)2/h3-8H,14H2,1-2H3,(H,15,16). The van der Waals surface area contributed by atoms with Crippen LogP contribution in [0, 0.1) is 13.8 Å². The minimum atomic E-state index is 0.751. The van der Waals surface area contributed by atoms with Crippen LogP contribution < -0.4 is 11.1 Å². The molecule has 0 saturated heterocycles. The van der Waals surface area contributed by atoms with Gasteiger partial charge in [0.2, 0.25) is 0 Å². The summed E-state index contributed by atoms with van der Waals surface area (Å²) in [6.07, 6.45) is 1.79. The number of nitrogens with zero attached hydrogens (tertiary/aromatic N) is 1. The number of hydrogen-bond acceptors (Lipinski definition) is 3. The van der Waals surface area contributed by atoms with Crippen molar-refractivity contribution in [3.05, 3.63) is 47.7 Å². The van der Waals surface area contributed by atoms with Crippen LogP contribution in [0.5, 0.6) is 0 Å². The molecule has 2 aromatic rings. The molecule has 0 unspecified atom stereocenters. The highest BCUT2D eigenvalue weighted by Crippen LogP contribution is 2.21. The summed E-state index contributed by atoms with van der Waals surface area (Å²) >= 11 is 0. The van der Waals surface area contributed by atoms with Gasteiger partial charge in [0.1, 0.15) is 5.82 Å². The number of anilines is 3. The van der Waals surface area contributed by atoms with E-state index in [2.05, 4.69) is 10.3 Å². The largest absolute Gasteiger partial charge is 0.399 e. The number of pyridine rings is 1. The molecule has 3 N–H and O–H groups in total. The first-order valence-corrected chi connectivity index (χ1v) is 5.21. The second-order valence-electron chi connectivity index (χ2n) is 3.92. The van der Waals surface area contributed by atoms with Crippen molar-refractivity contribution in [1.82, 2.24) is 4.98 Å². The molecule has 3 nitrogen and oxygen atoms in total. The Bertz CT molecular complexity index is 506. The van der Waals surface area contributed by atoms with E-state index in [9.17, 15) is 0 Å². The molecule has 0 bridgehead atoms. The van der Waals surface area contributed by atoms with E-state index in [0.717, 1.165) is 22.8 Å². The number of benzene rings is 1. The van der Waals surface area contributed by atoms with E-state index in [-0.39, 0.29) is 0 Å². The van der Waals surface area contributed by atoms with E-state index in [1.165, 1.54) is 5.56 Å². The predicted molar refractivity (Wildman–Crippen MR) is 67.8 cm³/mol. The number of rotatable bonds is 2. The van der Waals surface area contributed by atoms with Crippen LogP contribution in [0.1, 0.15) is 11.1 Å². The van der Waals surface area contributed by atoms with Crippen LogP contribution >= 0.6 is 0 Å². The monoisotopic (exact) mass is 213 g/mol. The summed E-state index contributed by atoms with van der Waals surface area (Å²) in [7, 11) is 0. The number of hydrogen-bond donors (Lipinski definition) is 2. The topological polar surface area (TPSA) is 50.9 Å². The van der Waals surface area contributed by atoms with Crippen molar-refractivity contribution < 1.29 is 0 Å². The molecule has 0 aliphatic carbocycles. The number of aromatic nitrogens is 1. The van der Waals surface area contributed by atoms with Gasteiger partial charge in [0, 0.05) is 17.6 Å². The van der Waals surface area contributed by atoms with Gasteiger partial charge in [-0.05, 0) is 49.2 Å². The van der Waals surface area contributed by atoms with Gasteiger partial charge < -0.3 is 11.1 Å². The van der Waals surface area contributed by atoms with E-state index in [0.29, 0.717) is 0 Å². The van der Waals surface area contributed by atoms with Crippen LogP contribution in [0.3, 0.4) is 0 Å². The maximum Gasteiger partial charge on any atom is 0.130 e. The fraction of sp³-hybridized carbons (Fsp3) is 0.154. The molecule has 1 heterocycles. The van der Waals surface area contributed by atoms with Gasteiger partial charge in [-0.15, -0.1) is 0 Å². The second kappa shape index (κ2) is 4.23. The lowest BCUT2D eigenvalue weighted by Gasteiger charge is -2.09.